The molecule has 0 fully saturated rings. The highest BCUT2D eigenvalue weighted by Gasteiger charge is 2.20. The molecule has 6 nitrogen and oxygen atoms in total. The zero-order valence-electron chi connectivity index (χ0n) is 15.3. The van der Waals surface area contributed by atoms with E-state index in [9.17, 15) is 4.79 Å². The minimum absolute atomic E-state index is 0.265. The van der Waals surface area contributed by atoms with Crippen molar-refractivity contribution in [1.29, 1.82) is 0 Å². The smallest absolute Gasteiger partial charge is 0.291 e. The molecule has 1 amide bonds. The van der Waals surface area contributed by atoms with Gasteiger partial charge in [-0.2, -0.15) is 0 Å². The molecule has 0 spiro atoms. The Hall–Kier alpha value is -2.86. The average molecular weight is 353 g/mol. The molecule has 3 aromatic rings. The molecule has 0 bridgehead atoms. The Labute approximate surface area is 152 Å². The van der Waals surface area contributed by atoms with Crippen LogP contribution in [0.3, 0.4) is 0 Å². The summed E-state index contributed by atoms with van der Waals surface area (Å²) in [4.78, 5) is 19.3. The number of carbonyl (C=O) groups excluding carboxylic acids is 1. The van der Waals surface area contributed by atoms with Crippen molar-refractivity contribution < 1.29 is 13.9 Å². The van der Waals surface area contributed by atoms with Crippen LogP contribution in [0.25, 0.3) is 11.0 Å². The maximum atomic E-state index is 12.7. The molecule has 1 aromatic carbocycles. The number of benzene rings is 1. The summed E-state index contributed by atoms with van der Waals surface area (Å²) in [6.45, 7) is 6.24. The molecule has 2 heterocycles. The fourth-order valence-corrected chi connectivity index (χ4v) is 2.95. The van der Waals surface area contributed by atoms with E-state index in [0.717, 1.165) is 29.9 Å². The number of carbonyl (C=O) groups is 1. The summed E-state index contributed by atoms with van der Waals surface area (Å²) in [5.41, 5.74) is 2.03. The first kappa shape index (κ1) is 17.9. The number of anilines is 2. The predicted octanol–water partition coefficient (Wildman–Crippen LogP) is 4.07. The summed E-state index contributed by atoms with van der Waals surface area (Å²) in [7, 11) is 1.60. The highest BCUT2D eigenvalue weighted by molar-refractivity contribution is 6.06. The Kier molecular flexibility index (Phi) is 5.53. The Morgan fingerprint density at radius 3 is 2.62 bits per heavy atom. The summed E-state index contributed by atoms with van der Waals surface area (Å²) < 4.78 is 11.0. The maximum absolute atomic E-state index is 12.7. The van der Waals surface area contributed by atoms with Gasteiger partial charge in [0.05, 0.1) is 18.5 Å². The lowest BCUT2D eigenvalue weighted by molar-refractivity contribution is 0.0992. The second kappa shape index (κ2) is 8.01. The van der Waals surface area contributed by atoms with Crippen LogP contribution in [0.4, 0.5) is 11.5 Å². The summed E-state index contributed by atoms with van der Waals surface area (Å²) in [6.07, 6.45) is 1.66. The van der Waals surface area contributed by atoms with Gasteiger partial charge in [-0.15, -0.1) is 0 Å². The molecule has 26 heavy (non-hydrogen) atoms. The van der Waals surface area contributed by atoms with E-state index >= 15 is 0 Å². The molecule has 0 atom stereocenters. The number of methoxy groups -OCH3 is 1. The molecule has 0 saturated carbocycles. The van der Waals surface area contributed by atoms with Gasteiger partial charge in [0.1, 0.15) is 11.4 Å². The Bertz CT molecular complexity index is 883. The number of pyridine rings is 1. The number of hydrogen-bond acceptors (Lipinski definition) is 5. The summed E-state index contributed by atoms with van der Waals surface area (Å²) >= 11 is 0. The van der Waals surface area contributed by atoms with E-state index in [4.69, 9.17) is 9.15 Å². The molecule has 0 unspecified atom stereocenters. The Morgan fingerprint density at radius 2 is 1.96 bits per heavy atom. The van der Waals surface area contributed by atoms with Gasteiger partial charge < -0.3 is 19.4 Å². The lowest BCUT2D eigenvalue weighted by atomic mass is 10.1. The third-order valence-corrected chi connectivity index (χ3v) is 4.29. The number of nitrogens with one attached hydrogen (secondary N) is 1. The van der Waals surface area contributed by atoms with E-state index in [1.54, 1.807) is 13.3 Å². The molecular weight excluding hydrogens is 330 g/mol. The third kappa shape index (κ3) is 3.55. The summed E-state index contributed by atoms with van der Waals surface area (Å²) in [5.74, 6) is 0.836. The highest BCUT2D eigenvalue weighted by Crippen LogP contribution is 2.27. The fourth-order valence-electron chi connectivity index (χ4n) is 2.95. The highest BCUT2D eigenvalue weighted by atomic mass is 16.5. The van der Waals surface area contributed by atoms with Gasteiger partial charge in [0.15, 0.2) is 5.76 Å². The molecule has 6 heteroatoms. The van der Waals surface area contributed by atoms with Crippen molar-refractivity contribution >= 4 is 28.4 Å². The number of hydrogen-bond donors (Lipinski definition) is 1. The lowest BCUT2D eigenvalue weighted by Gasteiger charge is -2.19. The molecule has 2 aromatic heterocycles. The van der Waals surface area contributed by atoms with Crippen molar-refractivity contribution in [2.24, 2.45) is 0 Å². The summed E-state index contributed by atoms with van der Waals surface area (Å²) in [6, 6.07) is 11.3. The van der Waals surface area contributed by atoms with Crippen LogP contribution in [0, 0.1) is 0 Å². The van der Waals surface area contributed by atoms with Crippen molar-refractivity contribution in [2.75, 3.05) is 30.4 Å². The topological polar surface area (TPSA) is 67.6 Å². The van der Waals surface area contributed by atoms with Crippen molar-refractivity contribution in [3.8, 4) is 0 Å². The van der Waals surface area contributed by atoms with Crippen molar-refractivity contribution in [2.45, 2.75) is 20.5 Å². The number of amides is 1. The monoisotopic (exact) mass is 353 g/mol. The SMILES string of the molecule is CCN(CC)c1ccc(NC(=O)c2oc3ccccc3c2COC)cn1. The maximum Gasteiger partial charge on any atom is 0.291 e. The molecule has 0 aliphatic carbocycles. The first-order valence-corrected chi connectivity index (χ1v) is 8.69. The van der Waals surface area contributed by atoms with Gasteiger partial charge in [-0.3, -0.25) is 4.79 Å². The van der Waals surface area contributed by atoms with Crippen LogP contribution in [0.15, 0.2) is 47.0 Å². The van der Waals surface area contributed by atoms with Crippen molar-refractivity contribution in [3.63, 3.8) is 0 Å². The number of ether oxygens (including phenoxy) is 1. The van der Waals surface area contributed by atoms with E-state index in [1.165, 1.54) is 0 Å². The number of furan rings is 1. The average Bonchev–Trinajstić information content (AvgIpc) is 3.03. The van der Waals surface area contributed by atoms with E-state index in [0.29, 0.717) is 17.9 Å². The molecule has 0 aliphatic heterocycles. The van der Waals surface area contributed by atoms with Gasteiger partial charge in [-0.05, 0) is 32.0 Å². The fraction of sp³-hybridized carbons (Fsp3) is 0.300. The van der Waals surface area contributed by atoms with Gasteiger partial charge in [-0.25, -0.2) is 4.98 Å². The quantitative estimate of drug-likeness (QED) is 0.693. The van der Waals surface area contributed by atoms with Gasteiger partial charge >= 0.3 is 0 Å². The van der Waals surface area contributed by atoms with Gasteiger partial charge in [-0.1, -0.05) is 18.2 Å². The molecule has 1 N–H and O–H groups in total. The molecule has 3 rings (SSSR count). The van der Waals surface area contributed by atoms with E-state index in [1.807, 2.05) is 36.4 Å². The number of rotatable bonds is 7. The zero-order chi connectivity index (χ0) is 18.5. The van der Waals surface area contributed by atoms with Crippen molar-refractivity contribution in [1.82, 2.24) is 4.98 Å². The molecule has 0 aliphatic rings. The van der Waals surface area contributed by atoms with Crippen LogP contribution in [0.5, 0.6) is 0 Å². The number of nitrogens with zero attached hydrogens (tertiary/aromatic N) is 2. The van der Waals surface area contributed by atoms with Crippen LogP contribution in [0.2, 0.25) is 0 Å². The summed E-state index contributed by atoms with van der Waals surface area (Å²) in [5, 5.41) is 3.73. The minimum Gasteiger partial charge on any atom is -0.451 e. The van der Waals surface area contributed by atoms with Crippen LogP contribution < -0.4 is 10.2 Å². The van der Waals surface area contributed by atoms with Crippen LogP contribution in [-0.4, -0.2) is 31.1 Å². The largest absolute Gasteiger partial charge is 0.451 e. The zero-order valence-corrected chi connectivity index (χ0v) is 15.3. The standard InChI is InChI=1S/C20H23N3O3/c1-4-23(5-2)18-11-10-14(12-21-18)22-20(24)19-16(13-25-3)15-8-6-7-9-17(15)26-19/h6-12H,4-5,13H2,1-3H3,(H,22,24). The first-order chi connectivity index (χ1) is 12.7. The predicted molar refractivity (Wildman–Crippen MR) is 103 cm³/mol. The van der Waals surface area contributed by atoms with E-state index in [-0.39, 0.29) is 11.7 Å². The normalized spacial score (nSPS) is 10.9. The van der Waals surface area contributed by atoms with Crippen LogP contribution in [0.1, 0.15) is 30.0 Å². The number of fused-ring (bicyclic) bond motifs is 1. The van der Waals surface area contributed by atoms with E-state index < -0.39 is 0 Å². The van der Waals surface area contributed by atoms with Gasteiger partial charge in [0.2, 0.25) is 0 Å². The lowest BCUT2D eigenvalue weighted by Crippen LogP contribution is -2.23. The molecular formula is C20H23N3O3. The van der Waals surface area contributed by atoms with Crippen LogP contribution >= 0.6 is 0 Å². The second-order valence-electron chi connectivity index (χ2n) is 5.87. The Morgan fingerprint density at radius 1 is 1.19 bits per heavy atom. The second-order valence-corrected chi connectivity index (χ2v) is 5.87. The van der Waals surface area contributed by atoms with Gasteiger partial charge in [0.25, 0.3) is 5.91 Å². The number of para-hydroxylation sites is 1. The first-order valence-electron chi connectivity index (χ1n) is 8.69. The third-order valence-electron chi connectivity index (χ3n) is 4.29. The van der Waals surface area contributed by atoms with Crippen LogP contribution in [-0.2, 0) is 11.3 Å². The molecule has 0 saturated heterocycles. The number of aromatic nitrogens is 1. The Balaban J connectivity index is 1.84. The molecule has 0 radical (unpaired) electrons. The van der Waals surface area contributed by atoms with E-state index in [2.05, 4.69) is 29.0 Å². The minimum atomic E-state index is -0.314. The molecule has 136 valence electrons. The van der Waals surface area contributed by atoms with Gasteiger partial charge in [0, 0.05) is 31.1 Å². The van der Waals surface area contributed by atoms with Crippen molar-refractivity contribution in [3.05, 3.63) is 53.9 Å².